The number of carbonyl (C=O) groups excluding carboxylic acids is 1. The molecular formula is C10H20N2O2. The van der Waals surface area contributed by atoms with E-state index in [0.717, 1.165) is 32.4 Å². The molecule has 1 aliphatic rings. The molecule has 0 aromatic carbocycles. The van der Waals surface area contributed by atoms with Crippen molar-refractivity contribution in [2.45, 2.75) is 31.8 Å². The van der Waals surface area contributed by atoms with Crippen molar-refractivity contribution in [3.63, 3.8) is 0 Å². The normalized spacial score (nSPS) is 26.4. The van der Waals surface area contributed by atoms with Gasteiger partial charge in [0, 0.05) is 19.5 Å². The van der Waals surface area contributed by atoms with E-state index in [-0.39, 0.29) is 12.0 Å². The molecule has 0 saturated heterocycles. The topological polar surface area (TPSA) is 61.4 Å². The first kappa shape index (κ1) is 11.5. The molecule has 2 unspecified atom stereocenters. The Hall–Kier alpha value is -0.610. The average molecular weight is 200 g/mol. The molecule has 1 aliphatic carbocycles. The number of hydrogen-bond donors (Lipinski definition) is 3. The van der Waals surface area contributed by atoms with Crippen molar-refractivity contribution in [2.24, 2.45) is 5.92 Å². The molecular weight excluding hydrogens is 180 g/mol. The molecule has 0 bridgehead atoms. The number of rotatable bonds is 5. The van der Waals surface area contributed by atoms with Crippen LogP contribution in [0.15, 0.2) is 0 Å². The Morgan fingerprint density at radius 3 is 2.86 bits per heavy atom. The highest BCUT2D eigenvalue weighted by atomic mass is 16.3. The van der Waals surface area contributed by atoms with Gasteiger partial charge in [0.15, 0.2) is 0 Å². The summed E-state index contributed by atoms with van der Waals surface area (Å²) in [5.41, 5.74) is 0. The standard InChI is InChI=1S/C10H20N2O2/c1-11-5-4-10(14)12-7-8-2-3-9(13)6-8/h8-9,11,13H,2-7H2,1H3,(H,12,14). The maximum atomic E-state index is 11.2. The minimum absolute atomic E-state index is 0.0979. The minimum atomic E-state index is -0.144. The van der Waals surface area contributed by atoms with Gasteiger partial charge in [0.05, 0.1) is 6.10 Å². The van der Waals surface area contributed by atoms with Gasteiger partial charge in [-0.2, -0.15) is 0 Å². The van der Waals surface area contributed by atoms with Crippen LogP contribution in [0.25, 0.3) is 0 Å². The predicted molar refractivity (Wildman–Crippen MR) is 54.9 cm³/mol. The fourth-order valence-corrected chi connectivity index (χ4v) is 1.82. The van der Waals surface area contributed by atoms with Gasteiger partial charge in [-0.15, -0.1) is 0 Å². The SMILES string of the molecule is CNCCC(=O)NCC1CCC(O)C1. The van der Waals surface area contributed by atoms with Crippen molar-refractivity contribution in [3.05, 3.63) is 0 Å². The monoisotopic (exact) mass is 200 g/mol. The Morgan fingerprint density at radius 2 is 2.29 bits per heavy atom. The van der Waals surface area contributed by atoms with Gasteiger partial charge in [-0.3, -0.25) is 4.79 Å². The summed E-state index contributed by atoms with van der Waals surface area (Å²) < 4.78 is 0. The van der Waals surface area contributed by atoms with Gasteiger partial charge >= 0.3 is 0 Å². The van der Waals surface area contributed by atoms with Crippen LogP contribution in [-0.4, -0.2) is 37.3 Å². The van der Waals surface area contributed by atoms with Crippen molar-refractivity contribution in [1.29, 1.82) is 0 Å². The van der Waals surface area contributed by atoms with Crippen molar-refractivity contribution in [3.8, 4) is 0 Å². The fraction of sp³-hybridized carbons (Fsp3) is 0.900. The van der Waals surface area contributed by atoms with Crippen LogP contribution in [0, 0.1) is 5.92 Å². The maximum Gasteiger partial charge on any atom is 0.221 e. The second-order valence-electron chi connectivity index (χ2n) is 3.99. The van der Waals surface area contributed by atoms with E-state index >= 15 is 0 Å². The average Bonchev–Trinajstić information content (AvgIpc) is 2.58. The number of carbonyl (C=O) groups is 1. The van der Waals surface area contributed by atoms with Crippen LogP contribution in [0.4, 0.5) is 0 Å². The second-order valence-corrected chi connectivity index (χ2v) is 3.99. The summed E-state index contributed by atoms with van der Waals surface area (Å²) in [6, 6.07) is 0. The second kappa shape index (κ2) is 5.98. The molecule has 1 saturated carbocycles. The Bertz CT molecular complexity index is 185. The van der Waals surface area contributed by atoms with Crippen LogP contribution >= 0.6 is 0 Å². The Morgan fingerprint density at radius 1 is 1.50 bits per heavy atom. The van der Waals surface area contributed by atoms with Crippen LogP contribution in [0.1, 0.15) is 25.7 Å². The Balaban J connectivity index is 2.05. The lowest BCUT2D eigenvalue weighted by molar-refractivity contribution is -0.121. The van der Waals surface area contributed by atoms with Crippen LogP contribution in [-0.2, 0) is 4.79 Å². The van der Waals surface area contributed by atoms with Gasteiger partial charge in [0.2, 0.25) is 5.91 Å². The van der Waals surface area contributed by atoms with Gasteiger partial charge in [-0.05, 0) is 32.2 Å². The molecule has 82 valence electrons. The first-order valence-electron chi connectivity index (χ1n) is 5.31. The van der Waals surface area contributed by atoms with Gasteiger partial charge < -0.3 is 15.7 Å². The largest absolute Gasteiger partial charge is 0.393 e. The van der Waals surface area contributed by atoms with E-state index in [1.165, 1.54) is 0 Å². The molecule has 4 heteroatoms. The van der Waals surface area contributed by atoms with Gasteiger partial charge in [0.1, 0.15) is 0 Å². The summed E-state index contributed by atoms with van der Waals surface area (Å²) in [4.78, 5) is 11.2. The zero-order chi connectivity index (χ0) is 10.4. The van der Waals surface area contributed by atoms with Crippen LogP contribution in [0.2, 0.25) is 0 Å². The first-order chi connectivity index (χ1) is 6.72. The zero-order valence-corrected chi connectivity index (χ0v) is 8.75. The maximum absolute atomic E-state index is 11.2. The molecule has 1 fully saturated rings. The molecule has 1 amide bonds. The third-order valence-electron chi connectivity index (χ3n) is 2.70. The molecule has 0 radical (unpaired) electrons. The molecule has 0 aromatic rings. The van der Waals surface area contributed by atoms with E-state index < -0.39 is 0 Å². The Labute approximate surface area is 85.1 Å². The molecule has 3 N–H and O–H groups in total. The van der Waals surface area contributed by atoms with Crippen LogP contribution in [0.5, 0.6) is 0 Å². The van der Waals surface area contributed by atoms with E-state index in [0.29, 0.717) is 12.3 Å². The molecule has 1 rings (SSSR count). The fourth-order valence-electron chi connectivity index (χ4n) is 1.82. The van der Waals surface area contributed by atoms with Crippen LogP contribution in [0.3, 0.4) is 0 Å². The molecule has 0 aliphatic heterocycles. The number of amides is 1. The smallest absolute Gasteiger partial charge is 0.221 e. The number of aliphatic hydroxyl groups excluding tert-OH is 1. The van der Waals surface area contributed by atoms with Crippen LogP contribution < -0.4 is 10.6 Å². The summed E-state index contributed by atoms with van der Waals surface area (Å²) in [6.45, 7) is 1.44. The van der Waals surface area contributed by atoms with Crippen molar-refractivity contribution in [2.75, 3.05) is 20.1 Å². The highest BCUT2D eigenvalue weighted by Gasteiger charge is 2.22. The number of nitrogens with one attached hydrogen (secondary N) is 2. The van der Waals surface area contributed by atoms with Crippen molar-refractivity contribution >= 4 is 5.91 Å². The lowest BCUT2D eigenvalue weighted by atomic mass is 10.1. The van der Waals surface area contributed by atoms with E-state index in [1.807, 2.05) is 7.05 Å². The first-order valence-corrected chi connectivity index (χ1v) is 5.31. The summed E-state index contributed by atoms with van der Waals surface area (Å²) >= 11 is 0. The molecule has 0 heterocycles. The summed E-state index contributed by atoms with van der Waals surface area (Å²) in [7, 11) is 1.83. The molecule has 2 atom stereocenters. The van der Waals surface area contributed by atoms with Gasteiger partial charge in [0.25, 0.3) is 0 Å². The molecule has 14 heavy (non-hydrogen) atoms. The summed E-state index contributed by atoms with van der Waals surface area (Å²) in [5.74, 6) is 0.573. The zero-order valence-electron chi connectivity index (χ0n) is 8.75. The predicted octanol–water partition coefficient (Wildman–Crippen LogP) is -0.127. The lowest BCUT2D eigenvalue weighted by Crippen LogP contribution is -2.30. The Kier molecular flexibility index (Phi) is 4.90. The molecule has 4 nitrogen and oxygen atoms in total. The van der Waals surface area contributed by atoms with Gasteiger partial charge in [-0.1, -0.05) is 0 Å². The van der Waals surface area contributed by atoms with Crippen molar-refractivity contribution < 1.29 is 9.90 Å². The highest BCUT2D eigenvalue weighted by Crippen LogP contribution is 2.24. The number of aliphatic hydroxyl groups is 1. The highest BCUT2D eigenvalue weighted by molar-refractivity contribution is 5.76. The third kappa shape index (κ3) is 4.07. The minimum Gasteiger partial charge on any atom is -0.393 e. The van der Waals surface area contributed by atoms with E-state index in [9.17, 15) is 9.90 Å². The third-order valence-corrected chi connectivity index (χ3v) is 2.70. The molecule has 0 aromatic heterocycles. The van der Waals surface area contributed by atoms with E-state index in [4.69, 9.17) is 0 Å². The summed E-state index contributed by atoms with van der Waals surface area (Å²) in [5, 5.41) is 15.1. The van der Waals surface area contributed by atoms with Crippen molar-refractivity contribution in [1.82, 2.24) is 10.6 Å². The summed E-state index contributed by atoms with van der Waals surface area (Å²) in [6.07, 6.45) is 3.15. The number of hydrogen-bond acceptors (Lipinski definition) is 3. The van der Waals surface area contributed by atoms with E-state index in [1.54, 1.807) is 0 Å². The molecule has 0 spiro atoms. The van der Waals surface area contributed by atoms with Gasteiger partial charge in [-0.25, -0.2) is 0 Å². The quantitative estimate of drug-likeness (QED) is 0.579. The van der Waals surface area contributed by atoms with E-state index in [2.05, 4.69) is 10.6 Å². The lowest BCUT2D eigenvalue weighted by Gasteiger charge is -2.10.